The molecule has 0 saturated heterocycles. The van der Waals surface area contributed by atoms with E-state index in [2.05, 4.69) is 4.98 Å². The molecular weight excluding hydrogens is 338 g/mol. The second kappa shape index (κ2) is 7.86. The lowest BCUT2D eigenvalue weighted by molar-refractivity contribution is 0.0316. The van der Waals surface area contributed by atoms with Crippen LogP contribution < -0.4 is 0 Å². The van der Waals surface area contributed by atoms with E-state index in [9.17, 15) is 19.5 Å². The highest BCUT2D eigenvalue weighted by molar-refractivity contribution is 6.04. The number of ketones is 1. The number of phenols is 1. The zero-order chi connectivity index (χ0) is 19.4. The van der Waals surface area contributed by atoms with Crippen molar-refractivity contribution in [3.05, 3.63) is 52.3 Å². The smallest absolute Gasteiger partial charge is 0.340 e. The molecule has 0 saturated carbocycles. The Morgan fingerprint density at radius 3 is 2.50 bits per heavy atom. The number of aryl methyl sites for hydroxylation is 1. The molecule has 1 aromatic heterocycles. The van der Waals surface area contributed by atoms with Crippen LogP contribution >= 0.6 is 0 Å². The van der Waals surface area contributed by atoms with Crippen LogP contribution in [0.4, 0.5) is 0 Å². The Kier molecular flexibility index (Phi) is 5.82. The molecule has 2 aromatic rings. The summed E-state index contributed by atoms with van der Waals surface area (Å²) in [6.45, 7) is 6.67. The largest absolute Gasteiger partial charge is 0.508 e. The van der Waals surface area contributed by atoms with Crippen LogP contribution in [-0.2, 0) is 9.47 Å². The van der Waals surface area contributed by atoms with Gasteiger partial charge in [0.15, 0.2) is 6.10 Å². The van der Waals surface area contributed by atoms with Crippen molar-refractivity contribution in [3.8, 4) is 5.75 Å². The molecule has 0 aliphatic carbocycles. The minimum Gasteiger partial charge on any atom is -0.508 e. The molecule has 2 rings (SSSR count). The van der Waals surface area contributed by atoms with E-state index in [4.69, 9.17) is 9.47 Å². The van der Waals surface area contributed by atoms with E-state index in [1.165, 1.54) is 31.2 Å². The molecule has 0 aliphatic rings. The van der Waals surface area contributed by atoms with Gasteiger partial charge in [0.05, 0.1) is 23.4 Å². The van der Waals surface area contributed by atoms with Crippen LogP contribution in [0, 0.1) is 13.8 Å². The van der Waals surface area contributed by atoms with Crippen LogP contribution in [0.1, 0.15) is 56.3 Å². The van der Waals surface area contributed by atoms with Gasteiger partial charge in [-0.25, -0.2) is 9.59 Å². The summed E-state index contributed by atoms with van der Waals surface area (Å²) in [7, 11) is 0. The Hall–Kier alpha value is -3.09. The van der Waals surface area contributed by atoms with Crippen LogP contribution in [0.3, 0.4) is 0 Å². The van der Waals surface area contributed by atoms with E-state index in [0.29, 0.717) is 16.8 Å². The number of aromatic hydroxyl groups is 1. The van der Waals surface area contributed by atoms with Gasteiger partial charge in [0.25, 0.3) is 0 Å². The highest BCUT2D eigenvalue weighted by atomic mass is 16.5. The number of hydrogen-bond acceptors (Lipinski definition) is 6. The Balaban J connectivity index is 2.19. The lowest BCUT2D eigenvalue weighted by atomic mass is 10.1. The van der Waals surface area contributed by atoms with Crippen LogP contribution in [0.25, 0.3) is 0 Å². The average molecular weight is 359 g/mol. The summed E-state index contributed by atoms with van der Waals surface area (Å²) in [6, 6.07) is 5.65. The molecule has 7 nitrogen and oxygen atoms in total. The monoisotopic (exact) mass is 359 g/mol. The van der Waals surface area contributed by atoms with Gasteiger partial charge in [0, 0.05) is 5.69 Å². The van der Waals surface area contributed by atoms with Gasteiger partial charge in [0.1, 0.15) is 5.75 Å². The highest BCUT2D eigenvalue weighted by Crippen LogP contribution is 2.21. The summed E-state index contributed by atoms with van der Waals surface area (Å²) in [5, 5.41) is 9.43. The number of aromatic amines is 1. The molecule has 0 radical (unpaired) electrons. The van der Waals surface area contributed by atoms with E-state index < -0.39 is 23.8 Å². The van der Waals surface area contributed by atoms with Crippen LogP contribution in [0.5, 0.6) is 5.75 Å². The molecule has 1 heterocycles. The number of carbonyl (C=O) groups excluding carboxylic acids is 3. The molecule has 0 aliphatic heterocycles. The number of ether oxygens (including phenoxy) is 2. The van der Waals surface area contributed by atoms with Crippen molar-refractivity contribution in [2.75, 3.05) is 6.61 Å². The normalized spacial score (nSPS) is 11.7. The predicted octanol–water partition coefficient (Wildman–Crippen LogP) is 2.94. The minimum atomic E-state index is -1.07. The van der Waals surface area contributed by atoms with E-state index in [0.717, 1.165) is 0 Å². The van der Waals surface area contributed by atoms with Gasteiger partial charge in [-0.05, 0) is 51.5 Å². The maximum Gasteiger partial charge on any atom is 0.340 e. The Bertz CT molecular complexity index is 852. The molecule has 2 N–H and O–H groups in total. The standard InChI is InChI=1S/C19H21NO6/c1-5-25-19(24)15-10(2)16(20-11(15)3)17(22)12(4)26-18(23)13-7-6-8-14(21)9-13/h6-9,12,20-21H,5H2,1-4H3/t12-/m0/s1. The van der Waals surface area contributed by atoms with Crippen molar-refractivity contribution in [3.63, 3.8) is 0 Å². The lowest BCUT2D eigenvalue weighted by Gasteiger charge is -2.12. The SMILES string of the molecule is CCOC(=O)c1c(C)[nH]c(C(=O)[C@H](C)OC(=O)c2cccc(O)c2)c1C. The molecule has 7 heteroatoms. The molecule has 26 heavy (non-hydrogen) atoms. The van der Waals surface area contributed by atoms with Crippen LogP contribution in [0.2, 0.25) is 0 Å². The fourth-order valence-electron chi connectivity index (χ4n) is 2.62. The van der Waals surface area contributed by atoms with Gasteiger partial charge in [0.2, 0.25) is 5.78 Å². The number of H-pyrrole nitrogens is 1. The number of Topliss-reactive ketones (excluding diaryl/α,β-unsaturated/α-hetero) is 1. The molecule has 0 fully saturated rings. The van der Waals surface area contributed by atoms with Gasteiger partial charge < -0.3 is 19.6 Å². The van der Waals surface area contributed by atoms with Crippen LogP contribution in [-0.4, -0.2) is 40.5 Å². The third kappa shape index (κ3) is 3.93. The summed E-state index contributed by atoms with van der Waals surface area (Å²) in [6.07, 6.45) is -1.07. The fourth-order valence-corrected chi connectivity index (χ4v) is 2.62. The van der Waals surface area contributed by atoms with Crippen molar-refractivity contribution in [2.24, 2.45) is 0 Å². The maximum absolute atomic E-state index is 12.6. The van der Waals surface area contributed by atoms with Gasteiger partial charge in [-0.15, -0.1) is 0 Å². The lowest BCUT2D eigenvalue weighted by Crippen LogP contribution is -2.25. The Morgan fingerprint density at radius 2 is 1.88 bits per heavy atom. The van der Waals surface area contributed by atoms with Gasteiger partial charge >= 0.3 is 11.9 Å². The van der Waals surface area contributed by atoms with Crippen molar-refractivity contribution in [1.29, 1.82) is 0 Å². The summed E-state index contributed by atoms with van der Waals surface area (Å²) in [5.74, 6) is -1.78. The molecule has 138 valence electrons. The molecule has 1 atom stereocenters. The summed E-state index contributed by atoms with van der Waals surface area (Å²) in [5.41, 5.74) is 1.60. The summed E-state index contributed by atoms with van der Waals surface area (Å²) >= 11 is 0. The number of aromatic nitrogens is 1. The first-order valence-electron chi connectivity index (χ1n) is 8.16. The predicted molar refractivity (Wildman–Crippen MR) is 93.5 cm³/mol. The maximum atomic E-state index is 12.6. The number of nitrogens with one attached hydrogen (secondary N) is 1. The molecular formula is C19H21NO6. The highest BCUT2D eigenvalue weighted by Gasteiger charge is 2.27. The number of hydrogen-bond donors (Lipinski definition) is 2. The molecule has 0 spiro atoms. The van der Waals surface area contributed by atoms with E-state index in [-0.39, 0.29) is 23.6 Å². The Morgan fingerprint density at radius 1 is 1.19 bits per heavy atom. The zero-order valence-electron chi connectivity index (χ0n) is 15.1. The number of carbonyl (C=O) groups is 3. The quantitative estimate of drug-likeness (QED) is 0.607. The first-order chi connectivity index (χ1) is 12.3. The average Bonchev–Trinajstić information content (AvgIpc) is 2.88. The first-order valence-corrected chi connectivity index (χ1v) is 8.16. The van der Waals surface area contributed by atoms with Crippen molar-refractivity contribution >= 4 is 17.7 Å². The second-order valence-corrected chi connectivity index (χ2v) is 5.81. The van der Waals surface area contributed by atoms with Gasteiger partial charge in [-0.1, -0.05) is 6.07 Å². The van der Waals surface area contributed by atoms with E-state index in [1.807, 2.05) is 0 Å². The third-order valence-corrected chi connectivity index (χ3v) is 3.90. The third-order valence-electron chi connectivity index (χ3n) is 3.90. The molecule has 0 amide bonds. The minimum absolute atomic E-state index is 0.0756. The van der Waals surface area contributed by atoms with Crippen molar-refractivity contribution in [1.82, 2.24) is 4.98 Å². The van der Waals surface area contributed by atoms with E-state index in [1.54, 1.807) is 20.8 Å². The second-order valence-electron chi connectivity index (χ2n) is 5.81. The van der Waals surface area contributed by atoms with Crippen molar-refractivity contribution < 1.29 is 29.0 Å². The molecule has 1 aromatic carbocycles. The number of benzene rings is 1. The summed E-state index contributed by atoms with van der Waals surface area (Å²) in [4.78, 5) is 39.7. The fraction of sp³-hybridized carbons (Fsp3) is 0.316. The Labute approximate surface area is 150 Å². The van der Waals surface area contributed by atoms with E-state index >= 15 is 0 Å². The van der Waals surface area contributed by atoms with Gasteiger partial charge in [-0.3, -0.25) is 4.79 Å². The number of rotatable bonds is 6. The number of esters is 2. The first kappa shape index (κ1) is 19.2. The molecule has 0 bridgehead atoms. The van der Waals surface area contributed by atoms with Crippen molar-refractivity contribution in [2.45, 2.75) is 33.8 Å². The topological polar surface area (TPSA) is 106 Å². The van der Waals surface area contributed by atoms with Crippen LogP contribution in [0.15, 0.2) is 24.3 Å². The number of phenolic OH excluding ortho intramolecular Hbond substituents is 1. The molecule has 0 unspecified atom stereocenters. The van der Waals surface area contributed by atoms with Gasteiger partial charge in [-0.2, -0.15) is 0 Å². The summed E-state index contributed by atoms with van der Waals surface area (Å²) < 4.78 is 10.2. The zero-order valence-corrected chi connectivity index (χ0v) is 15.1.